The maximum Gasteiger partial charge on any atom is 0.525 e. The van der Waals surface area contributed by atoms with E-state index in [0.717, 1.165) is 18.6 Å². The molecule has 1 fully saturated rings. The van der Waals surface area contributed by atoms with E-state index in [0.29, 0.717) is 6.61 Å². The average molecular weight is 370 g/mol. The molecule has 1 aliphatic rings. The van der Waals surface area contributed by atoms with E-state index < -0.39 is 35.7 Å². The van der Waals surface area contributed by atoms with Crippen LogP contribution < -0.4 is 0 Å². The first-order chi connectivity index (χ1) is 12.1. The molecule has 1 saturated heterocycles. The summed E-state index contributed by atoms with van der Waals surface area (Å²) in [5.41, 5.74) is -1.61. The van der Waals surface area contributed by atoms with Crippen LogP contribution in [0.25, 0.3) is 5.57 Å². The number of hydrogen-bond acceptors (Lipinski definition) is 3. The van der Waals surface area contributed by atoms with E-state index in [1.165, 1.54) is 6.07 Å². The van der Waals surface area contributed by atoms with Crippen LogP contribution in [-0.4, -0.2) is 31.5 Å². The summed E-state index contributed by atoms with van der Waals surface area (Å²) in [7, 11) is -1.20. The van der Waals surface area contributed by atoms with Gasteiger partial charge in [0, 0.05) is 6.61 Å². The molecule has 0 spiro atoms. The van der Waals surface area contributed by atoms with Crippen LogP contribution in [0.1, 0.15) is 53.0 Å². The van der Waals surface area contributed by atoms with Gasteiger partial charge in [-0.15, -0.1) is 0 Å². The minimum absolute atomic E-state index is 0.193. The highest BCUT2D eigenvalue weighted by molar-refractivity contribution is 6.55. The van der Waals surface area contributed by atoms with Crippen LogP contribution in [0.4, 0.5) is 13.2 Å². The summed E-state index contributed by atoms with van der Waals surface area (Å²) in [5, 5.41) is 0. The van der Waals surface area contributed by atoms with E-state index in [2.05, 4.69) is 0 Å². The minimum Gasteiger partial charge on any atom is -0.398 e. The largest absolute Gasteiger partial charge is 0.525 e. The predicted molar refractivity (Wildman–Crippen MR) is 96.2 cm³/mol. The van der Waals surface area contributed by atoms with Crippen molar-refractivity contribution in [2.24, 2.45) is 0 Å². The van der Waals surface area contributed by atoms with Crippen molar-refractivity contribution in [3.63, 3.8) is 0 Å². The Morgan fingerprint density at radius 3 is 2.19 bits per heavy atom. The molecule has 1 aromatic carbocycles. The molecular formula is C19H26BF3O3. The molecule has 0 saturated carbocycles. The van der Waals surface area contributed by atoms with Gasteiger partial charge in [-0.25, -0.2) is 13.2 Å². The molecule has 0 radical (unpaired) electrons. The predicted octanol–water partition coefficient (Wildman–Crippen LogP) is 5.09. The van der Waals surface area contributed by atoms with Gasteiger partial charge < -0.3 is 14.0 Å². The maximum absolute atomic E-state index is 15.2. The molecule has 144 valence electrons. The van der Waals surface area contributed by atoms with Gasteiger partial charge in [0.25, 0.3) is 0 Å². The van der Waals surface area contributed by atoms with Gasteiger partial charge in [-0.05, 0) is 63.8 Å². The lowest BCUT2D eigenvalue weighted by Gasteiger charge is -2.32. The molecule has 0 unspecified atom stereocenters. The quantitative estimate of drug-likeness (QED) is 0.494. The molecule has 0 N–H and O–H groups in total. The molecule has 1 heterocycles. The molecule has 0 atom stereocenters. The fourth-order valence-corrected chi connectivity index (χ4v) is 2.59. The molecule has 1 aliphatic heterocycles. The monoisotopic (exact) mass is 370 g/mol. The highest BCUT2D eigenvalue weighted by Gasteiger charge is 2.53. The number of benzene rings is 1. The van der Waals surface area contributed by atoms with Crippen molar-refractivity contribution < 1.29 is 27.2 Å². The molecule has 2 rings (SSSR count). The summed E-state index contributed by atoms with van der Waals surface area (Å²) in [5.74, 6) is -2.01. The minimum atomic E-state index is -1.20. The van der Waals surface area contributed by atoms with Crippen LogP contribution in [0.2, 0.25) is 0 Å². The number of ether oxygens (including phenoxy) is 1. The summed E-state index contributed by atoms with van der Waals surface area (Å²) >= 11 is 0. The zero-order valence-electron chi connectivity index (χ0n) is 16.0. The Morgan fingerprint density at radius 1 is 1.04 bits per heavy atom. The summed E-state index contributed by atoms with van der Waals surface area (Å²) in [4.78, 5) is 0. The summed E-state index contributed by atoms with van der Waals surface area (Å²) in [6.07, 6.45) is 1.03. The van der Waals surface area contributed by atoms with Gasteiger partial charge in [-0.1, -0.05) is 13.0 Å². The lowest BCUT2D eigenvalue weighted by molar-refractivity contribution is 0.00578. The van der Waals surface area contributed by atoms with Gasteiger partial charge >= 0.3 is 7.12 Å². The SMILES string of the molecule is CCCOCCC(=C(F)B1OC(C)(C)C(C)(C)O1)c1ccc(F)c(F)c1. The maximum atomic E-state index is 15.2. The van der Waals surface area contributed by atoms with Crippen LogP contribution in [0, 0.1) is 11.6 Å². The van der Waals surface area contributed by atoms with Gasteiger partial charge in [0.05, 0.1) is 17.8 Å². The molecule has 0 amide bonds. The fraction of sp³-hybridized carbons (Fsp3) is 0.579. The first-order valence-electron chi connectivity index (χ1n) is 8.86. The van der Waals surface area contributed by atoms with Crippen molar-refractivity contribution in [3.05, 3.63) is 41.1 Å². The Hall–Kier alpha value is -1.31. The number of hydrogen-bond donors (Lipinski definition) is 0. The van der Waals surface area contributed by atoms with E-state index >= 15 is 4.39 Å². The van der Waals surface area contributed by atoms with Crippen LogP contribution in [0.5, 0.6) is 0 Å². The Labute approximate surface area is 153 Å². The molecule has 1 aromatic rings. The zero-order chi connectivity index (χ0) is 19.5. The van der Waals surface area contributed by atoms with Gasteiger partial charge in [0.15, 0.2) is 11.6 Å². The topological polar surface area (TPSA) is 27.7 Å². The first-order valence-corrected chi connectivity index (χ1v) is 8.86. The van der Waals surface area contributed by atoms with E-state index in [1.807, 2.05) is 34.6 Å². The molecular weight excluding hydrogens is 344 g/mol. The number of rotatable bonds is 7. The summed E-state index contributed by atoms with van der Waals surface area (Å²) in [6.45, 7) is 10.1. The number of halogens is 3. The molecule has 3 nitrogen and oxygen atoms in total. The van der Waals surface area contributed by atoms with Gasteiger partial charge in [0.2, 0.25) is 0 Å². The van der Waals surface area contributed by atoms with Crippen LogP contribution in [-0.2, 0) is 14.0 Å². The molecule has 0 aromatic heterocycles. The van der Waals surface area contributed by atoms with Crippen molar-refractivity contribution in [3.8, 4) is 0 Å². The van der Waals surface area contributed by atoms with Crippen molar-refractivity contribution in [1.29, 1.82) is 0 Å². The van der Waals surface area contributed by atoms with Gasteiger partial charge in [-0.3, -0.25) is 0 Å². The zero-order valence-corrected chi connectivity index (χ0v) is 16.0. The van der Waals surface area contributed by atoms with Gasteiger partial charge in [0.1, 0.15) is 5.73 Å². The third kappa shape index (κ3) is 4.50. The van der Waals surface area contributed by atoms with Crippen LogP contribution in [0.15, 0.2) is 23.9 Å². The molecule has 7 heteroatoms. The van der Waals surface area contributed by atoms with E-state index in [9.17, 15) is 8.78 Å². The smallest absolute Gasteiger partial charge is 0.398 e. The molecule has 26 heavy (non-hydrogen) atoms. The Balaban J connectivity index is 2.35. The lowest BCUT2D eigenvalue weighted by atomic mass is 9.82. The van der Waals surface area contributed by atoms with Crippen LogP contribution >= 0.6 is 0 Å². The van der Waals surface area contributed by atoms with E-state index in [-0.39, 0.29) is 24.2 Å². The van der Waals surface area contributed by atoms with E-state index in [1.54, 1.807) is 0 Å². The third-order valence-corrected chi connectivity index (χ3v) is 4.86. The highest BCUT2D eigenvalue weighted by atomic mass is 19.2. The first kappa shape index (κ1) is 21.0. The Bertz CT molecular complexity index is 658. The standard InChI is InChI=1S/C19H26BF3O3/c1-6-10-24-11-9-14(13-7-8-15(21)16(22)12-13)17(23)20-25-18(2,3)19(4,5)26-20/h7-8,12H,6,9-11H2,1-5H3. The highest BCUT2D eigenvalue weighted by Crippen LogP contribution is 2.40. The normalized spacial score (nSPS) is 19.6. The molecule has 0 bridgehead atoms. The summed E-state index contributed by atoms with van der Waals surface area (Å²) < 4.78 is 59.1. The second-order valence-electron chi connectivity index (χ2n) is 7.41. The van der Waals surface area contributed by atoms with Crippen molar-refractivity contribution in [2.75, 3.05) is 13.2 Å². The summed E-state index contributed by atoms with van der Waals surface area (Å²) in [6, 6.07) is 3.31. The van der Waals surface area contributed by atoms with Crippen molar-refractivity contribution in [1.82, 2.24) is 0 Å². The second-order valence-corrected chi connectivity index (χ2v) is 7.41. The van der Waals surface area contributed by atoms with E-state index in [4.69, 9.17) is 14.0 Å². The van der Waals surface area contributed by atoms with Crippen LogP contribution in [0.3, 0.4) is 0 Å². The average Bonchev–Trinajstić information content (AvgIpc) is 2.78. The lowest BCUT2D eigenvalue weighted by Crippen LogP contribution is -2.41. The van der Waals surface area contributed by atoms with Gasteiger partial charge in [-0.2, -0.15) is 0 Å². The second kappa shape index (κ2) is 8.15. The third-order valence-electron chi connectivity index (χ3n) is 4.86. The van der Waals surface area contributed by atoms with Crippen molar-refractivity contribution in [2.45, 2.75) is 58.7 Å². The molecule has 0 aliphatic carbocycles. The van der Waals surface area contributed by atoms with Crippen molar-refractivity contribution >= 4 is 12.7 Å². The fourth-order valence-electron chi connectivity index (χ4n) is 2.59. The Morgan fingerprint density at radius 2 is 1.65 bits per heavy atom. The Kier molecular flexibility index (Phi) is 6.58.